The maximum absolute atomic E-state index is 13.1. The second-order valence-electron chi connectivity index (χ2n) is 7.93. The van der Waals surface area contributed by atoms with Gasteiger partial charge in [0.05, 0.1) is 18.5 Å². The Morgan fingerprint density at radius 3 is 2.42 bits per heavy atom. The van der Waals surface area contributed by atoms with Crippen molar-refractivity contribution in [1.29, 1.82) is 0 Å². The molecule has 7 nitrogen and oxygen atoms in total. The van der Waals surface area contributed by atoms with Gasteiger partial charge in [0.25, 0.3) is 5.91 Å². The van der Waals surface area contributed by atoms with Crippen molar-refractivity contribution in [3.05, 3.63) is 71.0 Å². The van der Waals surface area contributed by atoms with E-state index in [2.05, 4.69) is 10.3 Å². The Balaban J connectivity index is 1.44. The first-order chi connectivity index (χ1) is 15.0. The molecule has 4 rings (SSSR count). The van der Waals surface area contributed by atoms with Gasteiger partial charge in [0.15, 0.2) is 11.5 Å². The smallest absolute Gasteiger partial charge is 0.276 e. The number of likely N-dealkylation sites (tertiary alicyclic amines) is 1. The van der Waals surface area contributed by atoms with E-state index >= 15 is 0 Å². The predicted octanol–water partition coefficient (Wildman–Crippen LogP) is 3.63. The van der Waals surface area contributed by atoms with Gasteiger partial charge in [-0.1, -0.05) is 41.1 Å². The highest BCUT2D eigenvalue weighted by Gasteiger charge is 2.30. The lowest BCUT2D eigenvalue weighted by Crippen LogP contribution is -2.40. The zero-order valence-electron chi connectivity index (χ0n) is 18.0. The van der Waals surface area contributed by atoms with Crippen LogP contribution in [0.4, 0.5) is 0 Å². The van der Waals surface area contributed by atoms with Crippen molar-refractivity contribution in [3.63, 3.8) is 0 Å². The predicted molar refractivity (Wildman–Crippen MR) is 117 cm³/mol. The first-order valence-corrected chi connectivity index (χ1v) is 10.4. The largest absolute Gasteiger partial charge is 0.497 e. The Labute approximate surface area is 181 Å². The highest BCUT2D eigenvalue weighted by Crippen LogP contribution is 2.24. The van der Waals surface area contributed by atoms with Gasteiger partial charge in [-0.05, 0) is 38.8 Å². The minimum atomic E-state index is -0.145. The van der Waals surface area contributed by atoms with Crippen LogP contribution in [0.1, 0.15) is 44.9 Å². The van der Waals surface area contributed by atoms with Crippen molar-refractivity contribution in [3.8, 4) is 11.4 Å². The van der Waals surface area contributed by atoms with Crippen LogP contribution >= 0.6 is 0 Å². The minimum absolute atomic E-state index is 0.0553. The number of hydrogen-bond acceptors (Lipinski definition) is 5. The molecule has 1 aliphatic rings. The van der Waals surface area contributed by atoms with Crippen LogP contribution in [0.25, 0.3) is 5.69 Å². The van der Waals surface area contributed by atoms with Gasteiger partial charge in [-0.2, -0.15) is 0 Å². The van der Waals surface area contributed by atoms with E-state index in [1.807, 2.05) is 62.4 Å². The van der Waals surface area contributed by atoms with Crippen molar-refractivity contribution in [2.45, 2.75) is 26.7 Å². The number of benzene rings is 2. The van der Waals surface area contributed by atoms with Gasteiger partial charge in [0.1, 0.15) is 5.75 Å². The van der Waals surface area contributed by atoms with Crippen LogP contribution in [0, 0.1) is 19.8 Å². The number of aryl methyl sites for hydroxylation is 1. The lowest BCUT2D eigenvalue weighted by molar-refractivity contribution is 0.0645. The molecule has 160 valence electrons. The molecule has 0 unspecified atom stereocenters. The summed E-state index contributed by atoms with van der Waals surface area (Å²) in [4.78, 5) is 27.6. The van der Waals surface area contributed by atoms with Crippen molar-refractivity contribution in [2.75, 3.05) is 20.2 Å². The fourth-order valence-corrected chi connectivity index (χ4v) is 3.96. The number of hydrogen-bond donors (Lipinski definition) is 0. The Hall–Kier alpha value is -3.48. The second kappa shape index (κ2) is 8.71. The van der Waals surface area contributed by atoms with E-state index in [1.54, 1.807) is 16.7 Å². The number of ketones is 1. The van der Waals surface area contributed by atoms with Crippen molar-refractivity contribution < 1.29 is 14.3 Å². The average Bonchev–Trinajstić information content (AvgIpc) is 3.20. The molecule has 0 N–H and O–H groups in total. The second-order valence-corrected chi connectivity index (χ2v) is 7.93. The third-order valence-electron chi connectivity index (χ3n) is 5.88. The van der Waals surface area contributed by atoms with Gasteiger partial charge < -0.3 is 9.64 Å². The van der Waals surface area contributed by atoms with Crippen LogP contribution in [-0.2, 0) is 0 Å². The van der Waals surface area contributed by atoms with E-state index < -0.39 is 0 Å². The molecule has 1 aliphatic heterocycles. The van der Waals surface area contributed by atoms with Crippen molar-refractivity contribution in [1.82, 2.24) is 19.9 Å². The molecule has 7 heteroatoms. The molecular weight excluding hydrogens is 392 g/mol. The summed E-state index contributed by atoms with van der Waals surface area (Å²) in [5, 5.41) is 8.32. The third kappa shape index (κ3) is 4.21. The van der Waals surface area contributed by atoms with Crippen LogP contribution in [0.2, 0.25) is 0 Å². The van der Waals surface area contributed by atoms with Gasteiger partial charge in [-0.3, -0.25) is 9.59 Å². The Morgan fingerprint density at radius 1 is 1.03 bits per heavy atom. The number of carbonyl (C=O) groups excluding carboxylic acids is 2. The molecule has 2 aromatic carbocycles. The lowest BCUT2D eigenvalue weighted by atomic mass is 9.88. The van der Waals surface area contributed by atoms with E-state index in [0.29, 0.717) is 43.1 Å². The maximum Gasteiger partial charge on any atom is 0.276 e. The Morgan fingerprint density at radius 2 is 1.74 bits per heavy atom. The SMILES string of the molecule is COc1cccc(-n2nnc(C(=O)N3CCC(C(=O)c4ccc(C)cc4)CC3)c2C)c1. The summed E-state index contributed by atoms with van der Waals surface area (Å²) in [6.45, 7) is 4.91. The zero-order chi connectivity index (χ0) is 22.0. The fraction of sp³-hybridized carbons (Fsp3) is 0.333. The van der Waals surface area contributed by atoms with E-state index in [1.165, 1.54) is 0 Å². The van der Waals surface area contributed by atoms with E-state index in [-0.39, 0.29) is 17.6 Å². The Bertz CT molecular complexity index is 1100. The average molecular weight is 418 g/mol. The van der Waals surface area contributed by atoms with E-state index in [4.69, 9.17) is 4.74 Å². The molecule has 0 aliphatic carbocycles. The van der Waals surface area contributed by atoms with Crippen LogP contribution in [0.5, 0.6) is 5.75 Å². The zero-order valence-corrected chi connectivity index (χ0v) is 18.0. The fourth-order valence-electron chi connectivity index (χ4n) is 3.96. The molecule has 0 atom stereocenters. The van der Waals surface area contributed by atoms with Crippen LogP contribution < -0.4 is 4.74 Å². The highest BCUT2D eigenvalue weighted by atomic mass is 16.5. The topological polar surface area (TPSA) is 77.3 Å². The number of ether oxygens (including phenoxy) is 1. The first kappa shape index (κ1) is 20.8. The number of amides is 1. The lowest BCUT2D eigenvalue weighted by Gasteiger charge is -2.31. The number of Topliss-reactive ketones (excluding diaryl/α,β-unsaturated/α-hetero) is 1. The van der Waals surface area contributed by atoms with Crippen LogP contribution in [0.15, 0.2) is 48.5 Å². The molecule has 1 fully saturated rings. The number of aromatic nitrogens is 3. The minimum Gasteiger partial charge on any atom is -0.497 e. The molecule has 1 amide bonds. The normalized spacial score (nSPS) is 14.5. The number of nitrogens with zero attached hydrogens (tertiary/aromatic N) is 4. The maximum atomic E-state index is 13.1. The number of carbonyl (C=O) groups is 2. The van der Waals surface area contributed by atoms with Crippen LogP contribution in [0.3, 0.4) is 0 Å². The molecule has 1 saturated heterocycles. The number of rotatable bonds is 5. The molecule has 0 saturated carbocycles. The van der Waals surface area contributed by atoms with Gasteiger partial charge in [0.2, 0.25) is 0 Å². The molecular formula is C24H26N4O3. The van der Waals surface area contributed by atoms with E-state index in [9.17, 15) is 9.59 Å². The molecule has 2 heterocycles. The summed E-state index contributed by atoms with van der Waals surface area (Å²) >= 11 is 0. The third-order valence-corrected chi connectivity index (χ3v) is 5.88. The summed E-state index contributed by atoms with van der Waals surface area (Å²) in [7, 11) is 1.61. The summed E-state index contributed by atoms with van der Waals surface area (Å²) < 4.78 is 6.91. The van der Waals surface area contributed by atoms with Gasteiger partial charge in [0, 0.05) is 30.6 Å². The van der Waals surface area contributed by atoms with Gasteiger partial charge >= 0.3 is 0 Å². The quantitative estimate of drug-likeness (QED) is 0.592. The van der Waals surface area contributed by atoms with E-state index in [0.717, 1.165) is 16.8 Å². The Kier molecular flexibility index (Phi) is 5.84. The van der Waals surface area contributed by atoms with Gasteiger partial charge in [-0.15, -0.1) is 5.10 Å². The molecule has 0 bridgehead atoms. The van der Waals surface area contributed by atoms with Crippen molar-refractivity contribution in [2.24, 2.45) is 5.92 Å². The molecule has 31 heavy (non-hydrogen) atoms. The number of methoxy groups -OCH3 is 1. The summed E-state index contributed by atoms with van der Waals surface area (Å²) in [6, 6.07) is 15.1. The molecule has 1 aromatic heterocycles. The van der Waals surface area contributed by atoms with Gasteiger partial charge in [-0.25, -0.2) is 4.68 Å². The summed E-state index contributed by atoms with van der Waals surface area (Å²) in [5.41, 5.74) is 3.68. The summed E-state index contributed by atoms with van der Waals surface area (Å²) in [6.07, 6.45) is 1.31. The standard InChI is InChI=1S/C24H26N4O3/c1-16-7-9-18(10-8-16)23(29)19-11-13-27(14-12-19)24(30)22-17(2)28(26-25-22)20-5-4-6-21(15-20)31-3/h4-10,15,19H,11-14H2,1-3H3. The molecule has 3 aromatic rings. The monoisotopic (exact) mass is 418 g/mol. The van der Waals surface area contributed by atoms with Crippen molar-refractivity contribution >= 4 is 11.7 Å². The number of piperidine rings is 1. The van der Waals surface area contributed by atoms with Crippen LogP contribution in [-0.4, -0.2) is 51.8 Å². The summed E-state index contributed by atoms with van der Waals surface area (Å²) in [5.74, 6) is 0.668. The highest BCUT2D eigenvalue weighted by molar-refractivity contribution is 5.98. The molecule has 0 radical (unpaired) electrons. The molecule has 0 spiro atoms. The first-order valence-electron chi connectivity index (χ1n) is 10.4.